The van der Waals surface area contributed by atoms with Gasteiger partial charge in [-0.2, -0.15) is 0 Å². The van der Waals surface area contributed by atoms with Crippen molar-refractivity contribution in [2.75, 3.05) is 13.2 Å². The second-order valence-corrected chi connectivity index (χ2v) is 9.13. The molecule has 2 unspecified atom stereocenters. The van der Waals surface area contributed by atoms with Crippen LogP contribution < -0.4 is 0 Å². The Morgan fingerprint density at radius 1 is 1.12 bits per heavy atom. The van der Waals surface area contributed by atoms with E-state index >= 15 is 0 Å². The third-order valence-corrected chi connectivity index (χ3v) is 6.53. The molecule has 0 fully saturated rings. The second-order valence-electron chi connectivity index (χ2n) is 8.75. The predicted octanol–water partition coefficient (Wildman–Crippen LogP) is 5.50. The number of ether oxygens (including phenoxy) is 1. The van der Waals surface area contributed by atoms with Crippen LogP contribution in [-0.2, 0) is 20.8 Å². The molecule has 0 bridgehead atoms. The zero-order valence-electron chi connectivity index (χ0n) is 20.3. The van der Waals surface area contributed by atoms with Crippen LogP contribution in [-0.4, -0.2) is 47.8 Å². The van der Waals surface area contributed by atoms with Crippen molar-refractivity contribution in [3.63, 3.8) is 0 Å². The molecule has 6 nitrogen and oxygen atoms in total. The molecule has 34 heavy (non-hydrogen) atoms. The van der Waals surface area contributed by atoms with Crippen LogP contribution in [0, 0.1) is 13.8 Å². The molecule has 0 saturated heterocycles. The first-order chi connectivity index (χ1) is 16.3. The molecule has 2 atom stereocenters. The summed E-state index contributed by atoms with van der Waals surface area (Å²) in [6.07, 6.45) is 14.6. The van der Waals surface area contributed by atoms with Crippen LogP contribution >= 0.6 is 11.6 Å². The highest BCUT2D eigenvalue weighted by Gasteiger charge is 2.27. The molecular formula is C27H33ClN2O4. The lowest BCUT2D eigenvalue weighted by Gasteiger charge is -2.25. The number of fused-ring (bicyclic) bond motifs is 1. The Morgan fingerprint density at radius 2 is 1.79 bits per heavy atom. The van der Waals surface area contributed by atoms with E-state index in [0.717, 1.165) is 24.0 Å². The molecule has 182 valence electrons. The van der Waals surface area contributed by atoms with Gasteiger partial charge in [0.2, 0.25) is 0 Å². The van der Waals surface area contributed by atoms with E-state index in [1.54, 1.807) is 4.90 Å². The van der Waals surface area contributed by atoms with E-state index in [1.165, 1.54) is 0 Å². The Labute approximate surface area is 206 Å². The fourth-order valence-electron chi connectivity index (χ4n) is 4.32. The first-order valence-corrected chi connectivity index (χ1v) is 12.1. The van der Waals surface area contributed by atoms with Gasteiger partial charge in [0.05, 0.1) is 17.9 Å². The molecule has 0 aromatic heterocycles. The summed E-state index contributed by atoms with van der Waals surface area (Å²) in [5.41, 5.74) is 3.36. The third-order valence-electron chi connectivity index (χ3n) is 6.00. The van der Waals surface area contributed by atoms with Gasteiger partial charge in [0.15, 0.2) is 6.61 Å². The number of allylic oxidation sites excluding steroid dienone is 3. The maximum Gasteiger partial charge on any atom is 0.338 e. The van der Waals surface area contributed by atoms with Crippen molar-refractivity contribution in [2.45, 2.75) is 65.5 Å². The molecule has 0 spiro atoms. The minimum absolute atomic E-state index is 0.0312. The summed E-state index contributed by atoms with van der Waals surface area (Å²) < 4.78 is 5.52. The van der Waals surface area contributed by atoms with Gasteiger partial charge in [0.25, 0.3) is 5.91 Å². The number of carbonyl (C=O) groups is 2. The van der Waals surface area contributed by atoms with Gasteiger partial charge in [-0.3, -0.25) is 4.79 Å². The Morgan fingerprint density at radius 3 is 2.53 bits per heavy atom. The number of amides is 1. The van der Waals surface area contributed by atoms with Crippen molar-refractivity contribution in [2.24, 2.45) is 5.16 Å². The minimum atomic E-state index is -0.399. The van der Waals surface area contributed by atoms with Crippen LogP contribution in [0.2, 0.25) is 5.02 Å². The lowest BCUT2D eigenvalue weighted by atomic mass is 9.94. The molecular weight excluding hydrogens is 452 g/mol. The van der Waals surface area contributed by atoms with Crippen molar-refractivity contribution < 1.29 is 19.2 Å². The number of aryl methyl sites for hydroxylation is 2. The SMILES string of the molecule is Cc1cc(C)c2c(c1Cl)C/C(=N/OCC(=O)N1C(C)C=CC1C)C=CCC/C=C/CCOC2=O. The summed E-state index contributed by atoms with van der Waals surface area (Å²) in [4.78, 5) is 32.9. The highest BCUT2D eigenvalue weighted by molar-refractivity contribution is 6.33. The van der Waals surface area contributed by atoms with Crippen molar-refractivity contribution in [3.8, 4) is 0 Å². The number of rotatable bonds is 3. The number of benzene rings is 1. The van der Waals surface area contributed by atoms with Crippen LogP contribution in [0.4, 0.5) is 0 Å². The molecule has 0 saturated carbocycles. The quantitative estimate of drug-likeness (QED) is 0.322. The van der Waals surface area contributed by atoms with E-state index in [9.17, 15) is 9.59 Å². The summed E-state index contributed by atoms with van der Waals surface area (Å²) in [6.45, 7) is 7.88. The summed E-state index contributed by atoms with van der Waals surface area (Å²) in [6, 6.07) is 1.95. The van der Waals surface area contributed by atoms with Crippen LogP contribution in [0.5, 0.6) is 0 Å². The molecule has 1 amide bonds. The van der Waals surface area contributed by atoms with Gasteiger partial charge in [-0.25, -0.2) is 4.79 Å². The Bertz CT molecular complexity index is 1030. The van der Waals surface area contributed by atoms with E-state index in [2.05, 4.69) is 11.2 Å². The first kappa shape index (κ1) is 25.8. The monoisotopic (exact) mass is 484 g/mol. The van der Waals surface area contributed by atoms with Crippen molar-refractivity contribution in [1.29, 1.82) is 0 Å². The van der Waals surface area contributed by atoms with E-state index in [4.69, 9.17) is 21.2 Å². The zero-order chi connectivity index (χ0) is 24.7. The maximum atomic E-state index is 12.9. The molecule has 0 aliphatic carbocycles. The number of nitrogens with zero attached hydrogens (tertiary/aromatic N) is 2. The summed E-state index contributed by atoms with van der Waals surface area (Å²) in [7, 11) is 0. The lowest BCUT2D eigenvalue weighted by molar-refractivity contribution is -0.137. The summed E-state index contributed by atoms with van der Waals surface area (Å²) in [5.74, 6) is -0.526. The van der Waals surface area contributed by atoms with Crippen molar-refractivity contribution >= 4 is 29.2 Å². The van der Waals surface area contributed by atoms with Crippen LogP contribution in [0.1, 0.15) is 60.2 Å². The van der Waals surface area contributed by atoms with Gasteiger partial charge in [0.1, 0.15) is 0 Å². The van der Waals surface area contributed by atoms with E-state index < -0.39 is 5.97 Å². The standard InChI is InChI=1S/C27H33ClN2O4/c1-18-15-19(2)26(28)23-16-22(29-34-17-24(31)30-20(3)12-13-21(30)4)11-9-7-5-6-8-10-14-33-27(32)25(18)23/h6,8-9,11-13,15,20-21H,5,7,10,14,16-17H2,1-4H3/b8-6+,11-9?,29-22+. The maximum absolute atomic E-state index is 12.9. The topological polar surface area (TPSA) is 68.2 Å². The van der Waals surface area contributed by atoms with Crippen molar-refractivity contribution in [1.82, 2.24) is 4.90 Å². The number of cyclic esters (lactones) is 1. The number of carbonyl (C=O) groups excluding carboxylic acids is 2. The fourth-order valence-corrected chi connectivity index (χ4v) is 4.53. The normalized spacial score (nSPS) is 23.4. The largest absolute Gasteiger partial charge is 0.462 e. The average Bonchev–Trinajstić information content (AvgIpc) is 3.13. The van der Waals surface area contributed by atoms with Crippen LogP contribution in [0.25, 0.3) is 0 Å². The van der Waals surface area contributed by atoms with Gasteiger partial charge in [-0.15, -0.1) is 0 Å². The number of oxime groups is 1. The first-order valence-electron chi connectivity index (χ1n) is 11.7. The van der Waals surface area contributed by atoms with Gasteiger partial charge in [-0.1, -0.05) is 53.2 Å². The second kappa shape index (κ2) is 12.0. The predicted molar refractivity (Wildman–Crippen MR) is 135 cm³/mol. The molecule has 1 aromatic rings. The van der Waals surface area contributed by atoms with Gasteiger partial charge in [-0.05, 0) is 69.7 Å². The van der Waals surface area contributed by atoms with Crippen LogP contribution in [0.15, 0.2) is 47.7 Å². The average molecular weight is 485 g/mol. The van der Waals surface area contributed by atoms with Gasteiger partial charge < -0.3 is 14.5 Å². The number of hydrogen-bond acceptors (Lipinski definition) is 5. The molecule has 0 radical (unpaired) electrons. The van der Waals surface area contributed by atoms with Gasteiger partial charge >= 0.3 is 5.97 Å². The highest BCUT2D eigenvalue weighted by Crippen LogP contribution is 2.29. The summed E-state index contributed by atoms with van der Waals surface area (Å²) in [5, 5.41) is 4.78. The Balaban J connectivity index is 1.88. The highest BCUT2D eigenvalue weighted by atomic mass is 35.5. The molecule has 2 heterocycles. The van der Waals surface area contributed by atoms with E-state index in [0.29, 0.717) is 34.9 Å². The minimum Gasteiger partial charge on any atom is -0.462 e. The molecule has 1 aromatic carbocycles. The number of esters is 1. The lowest BCUT2D eigenvalue weighted by Crippen LogP contribution is -2.41. The Kier molecular flexibility index (Phi) is 9.11. The smallest absolute Gasteiger partial charge is 0.338 e. The van der Waals surface area contributed by atoms with Gasteiger partial charge in [0, 0.05) is 23.5 Å². The number of halogens is 1. The zero-order valence-corrected chi connectivity index (χ0v) is 21.1. The van der Waals surface area contributed by atoms with E-state index in [-0.39, 0.29) is 31.0 Å². The number of hydrogen-bond donors (Lipinski definition) is 0. The third kappa shape index (κ3) is 6.38. The Hall–Kier alpha value is -2.86. The fraction of sp³-hybridized carbons (Fsp3) is 0.444. The van der Waals surface area contributed by atoms with E-state index in [1.807, 2.05) is 64.1 Å². The molecule has 0 N–H and O–H groups in total. The summed E-state index contributed by atoms with van der Waals surface area (Å²) >= 11 is 6.66. The molecule has 2 aliphatic heterocycles. The molecule has 3 rings (SSSR count). The molecule has 7 heteroatoms. The molecule has 2 aliphatic rings. The van der Waals surface area contributed by atoms with Crippen LogP contribution in [0.3, 0.4) is 0 Å². The van der Waals surface area contributed by atoms with Crippen molar-refractivity contribution in [3.05, 3.63) is 69.8 Å².